The molecule has 0 aromatic rings. The predicted octanol–water partition coefficient (Wildman–Crippen LogP) is 1.05. The summed E-state index contributed by atoms with van der Waals surface area (Å²) in [6.45, 7) is 9.61. The van der Waals surface area contributed by atoms with Crippen molar-refractivity contribution < 1.29 is 8.42 Å². The van der Waals surface area contributed by atoms with Crippen molar-refractivity contribution in [2.24, 2.45) is 0 Å². The average Bonchev–Trinajstić information content (AvgIpc) is 2.12. The topological polar surface area (TPSA) is 49.4 Å². The third-order valence-electron chi connectivity index (χ3n) is 2.13. The SMILES string of the molecule is CCCN(CC)S(=O)(=O)CCNC(C)C. The monoisotopic (exact) mass is 236 g/mol. The summed E-state index contributed by atoms with van der Waals surface area (Å²) < 4.78 is 25.2. The zero-order valence-corrected chi connectivity index (χ0v) is 11.1. The Hall–Kier alpha value is -0.130. The fraction of sp³-hybridized carbons (Fsp3) is 1.00. The van der Waals surface area contributed by atoms with Gasteiger partial charge in [-0.1, -0.05) is 27.7 Å². The molecule has 0 rings (SSSR count). The summed E-state index contributed by atoms with van der Waals surface area (Å²) in [5.74, 6) is 0.193. The molecule has 0 aromatic carbocycles. The van der Waals surface area contributed by atoms with Gasteiger partial charge in [0.15, 0.2) is 0 Å². The van der Waals surface area contributed by atoms with E-state index in [0.29, 0.717) is 25.7 Å². The Bertz CT molecular complexity index is 250. The molecule has 0 amide bonds. The second-order valence-electron chi connectivity index (χ2n) is 3.92. The van der Waals surface area contributed by atoms with Crippen molar-refractivity contribution in [3.05, 3.63) is 0 Å². The molecule has 0 atom stereocenters. The lowest BCUT2D eigenvalue weighted by Gasteiger charge is -2.20. The molecule has 0 spiro atoms. The van der Waals surface area contributed by atoms with Gasteiger partial charge in [-0.05, 0) is 6.42 Å². The van der Waals surface area contributed by atoms with E-state index in [2.05, 4.69) is 5.32 Å². The highest BCUT2D eigenvalue weighted by atomic mass is 32.2. The van der Waals surface area contributed by atoms with Gasteiger partial charge in [-0.25, -0.2) is 12.7 Å². The van der Waals surface area contributed by atoms with Crippen molar-refractivity contribution in [3.8, 4) is 0 Å². The first-order valence-electron chi connectivity index (χ1n) is 5.65. The van der Waals surface area contributed by atoms with Gasteiger partial charge in [-0.3, -0.25) is 0 Å². The van der Waals surface area contributed by atoms with Crippen LogP contribution in [0.25, 0.3) is 0 Å². The van der Waals surface area contributed by atoms with Gasteiger partial charge < -0.3 is 5.32 Å². The normalized spacial score (nSPS) is 12.7. The Morgan fingerprint density at radius 2 is 1.87 bits per heavy atom. The molecule has 15 heavy (non-hydrogen) atoms. The molecule has 0 aromatic heterocycles. The van der Waals surface area contributed by atoms with E-state index in [1.54, 1.807) is 4.31 Å². The number of sulfonamides is 1. The fourth-order valence-electron chi connectivity index (χ4n) is 1.35. The Kier molecular flexibility index (Phi) is 7.13. The van der Waals surface area contributed by atoms with Crippen LogP contribution in [0.3, 0.4) is 0 Å². The number of nitrogens with zero attached hydrogens (tertiary/aromatic N) is 1. The molecule has 4 nitrogen and oxygen atoms in total. The van der Waals surface area contributed by atoms with E-state index in [1.807, 2.05) is 27.7 Å². The van der Waals surface area contributed by atoms with Gasteiger partial charge in [0.05, 0.1) is 5.75 Å². The molecule has 0 radical (unpaired) electrons. The van der Waals surface area contributed by atoms with Gasteiger partial charge in [0.2, 0.25) is 10.0 Å². The van der Waals surface area contributed by atoms with Crippen LogP contribution in [-0.2, 0) is 10.0 Å². The lowest BCUT2D eigenvalue weighted by atomic mass is 10.4. The minimum Gasteiger partial charge on any atom is -0.313 e. The maximum Gasteiger partial charge on any atom is 0.215 e. The van der Waals surface area contributed by atoms with Gasteiger partial charge in [0.25, 0.3) is 0 Å². The summed E-state index contributed by atoms with van der Waals surface area (Å²) in [5.41, 5.74) is 0. The van der Waals surface area contributed by atoms with Crippen LogP contribution in [0, 0.1) is 0 Å². The quantitative estimate of drug-likeness (QED) is 0.685. The Balaban J connectivity index is 4.14. The first-order valence-corrected chi connectivity index (χ1v) is 7.26. The van der Waals surface area contributed by atoms with Crippen LogP contribution in [0.4, 0.5) is 0 Å². The van der Waals surface area contributed by atoms with Gasteiger partial charge in [-0.15, -0.1) is 0 Å². The average molecular weight is 236 g/mol. The number of rotatable bonds is 8. The van der Waals surface area contributed by atoms with E-state index in [-0.39, 0.29) is 5.75 Å². The van der Waals surface area contributed by atoms with Crippen molar-refractivity contribution in [2.75, 3.05) is 25.4 Å². The van der Waals surface area contributed by atoms with Crippen LogP contribution >= 0.6 is 0 Å². The van der Waals surface area contributed by atoms with Crippen molar-refractivity contribution in [1.82, 2.24) is 9.62 Å². The molecule has 0 unspecified atom stereocenters. The molecule has 0 fully saturated rings. The Morgan fingerprint density at radius 1 is 1.27 bits per heavy atom. The van der Waals surface area contributed by atoms with E-state index in [9.17, 15) is 8.42 Å². The molecule has 92 valence electrons. The summed E-state index contributed by atoms with van der Waals surface area (Å²) >= 11 is 0. The Morgan fingerprint density at radius 3 is 2.27 bits per heavy atom. The molecule has 0 saturated heterocycles. The summed E-state index contributed by atoms with van der Waals surface area (Å²) in [4.78, 5) is 0. The zero-order valence-electron chi connectivity index (χ0n) is 10.3. The molecule has 0 aliphatic carbocycles. The summed E-state index contributed by atoms with van der Waals surface area (Å²) in [6.07, 6.45) is 0.866. The summed E-state index contributed by atoms with van der Waals surface area (Å²) in [5, 5.41) is 3.12. The second kappa shape index (κ2) is 7.19. The van der Waals surface area contributed by atoms with Crippen LogP contribution in [0.2, 0.25) is 0 Å². The molecule has 0 heterocycles. The van der Waals surface area contributed by atoms with E-state index in [4.69, 9.17) is 0 Å². The number of hydrogen-bond acceptors (Lipinski definition) is 3. The largest absolute Gasteiger partial charge is 0.313 e. The van der Waals surface area contributed by atoms with Gasteiger partial charge in [-0.2, -0.15) is 0 Å². The van der Waals surface area contributed by atoms with Crippen molar-refractivity contribution >= 4 is 10.0 Å². The standard InChI is InChI=1S/C10H24N2O2S/c1-5-8-12(6-2)15(13,14)9-7-11-10(3)4/h10-11H,5-9H2,1-4H3. The van der Waals surface area contributed by atoms with Gasteiger partial charge >= 0.3 is 0 Å². The highest BCUT2D eigenvalue weighted by molar-refractivity contribution is 7.89. The molecular weight excluding hydrogens is 212 g/mol. The Labute approximate surface area is 94.1 Å². The number of nitrogens with one attached hydrogen (secondary N) is 1. The molecule has 0 aliphatic heterocycles. The summed E-state index contributed by atoms with van der Waals surface area (Å²) in [6, 6.07) is 0.335. The van der Waals surface area contributed by atoms with Crippen LogP contribution in [-0.4, -0.2) is 44.2 Å². The third-order valence-corrected chi connectivity index (χ3v) is 4.08. The molecule has 1 N–H and O–H groups in total. The smallest absolute Gasteiger partial charge is 0.215 e. The van der Waals surface area contributed by atoms with E-state index in [0.717, 1.165) is 6.42 Å². The first-order chi connectivity index (χ1) is 6.94. The van der Waals surface area contributed by atoms with Gasteiger partial charge in [0, 0.05) is 25.7 Å². The van der Waals surface area contributed by atoms with Crippen LogP contribution in [0.15, 0.2) is 0 Å². The van der Waals surface area contributed by atoms with Crippen molar-refractivity contribution in [2.45, 2.75) is 40.2 Å². The zero-order chi connectivity index (χ0) is 11.9. The van der Waals surface area contributed by atoms with Gasteiger partial charge in [0.1, 0.15) is 0 Å². The summed E-state index contributed by atoms with van der Waals surface area (Å²) in [7, 11) is -3.06. The van der Waals surface area contributed by atoms with Crippen LogP contribution in [0.1, 0.15) is 34.1 Å². The molecular formula is C10H24N2O2S. The highest BCUT2D eigenvalue weighted by Crippen LogP contribution is 2.01. The predicted molar refractivity (Wildman–Crippen MR) is 64.5 cm³/mol. The second-order valence-corrected chi connectivity index (χ2v) is 6.00. The minimum atomic E-state index is -3.06. The van der Waals surface area contributed by atoms with E-state index >= 15 is 0 Å². The van der Waals surface area contributed by atoms with E-state index < -0.39 is 10.0 Å². The minimum absolute atomic E-state index is 0.193. The van der Waals surface area contributed by atoms with Crippen molar-refractivity contribution in [1.29, 1.82) is 0 Å². The maximum atomic E-state index is 11.8. The van der Waals surface area contributed by atoms with Crippen molar-refractivity contribution in [3.63, 3.8) is 0 Å². The fourth-order valence-corrected chi connectivity index (χ4v) is 2.84. The number of hydrogen-bond donors (Lipinski definition) is 1. The lowest BCUT2D eigenvalue weighted by Crippen LogP contribution is -2.38. The first kappa shape index (κ1) is 14.9. The molecule has 5 heteroatoms. The lowest BCUT2D eigenvalue weighted by molar-refractivity contribution is 0.425. The van der Waals surface area contributed by atoms with E-state index in [1.165, 1.54) is 0 Å². The maximum absolute atomic E-state index is 11.8. The third kappa shape index (κ3) is 6.12. The highest BCUT2D eigenvalue weighted by Gasteiger charge is 2.18. The molecule has 0 aliphatic rings. The van der Waals surface area contributed by atoms with Crippen LogP contribution in [0.5, 0.6) is 0 Å². The molecule has 0 bridgehead atoms. The molecule has 0 saturated carbocycles. The van der Waals surface area contributed by atoms with Crippen LogP contribution < -0.4 is 5.32 Å².